The number of carbonyl (C=O) groups is 1. The molecule has 1 fully saturated rings. The molecule has 1 aliphatic heterocycles. The van der Waals surface area contributed by atoms with Crippen LogP contribution >= 0.6 is 0 Å². The first kappa shape index (κ1) is 8.33. The van der Waals surface area contributed by atoms with Gasteiger partial charge in [-0.2, -0.15) is 0 Å². The largest absolute Gasteiger partial charge is 0.465 e. The standard InChI is InChI=1S/C7H14N2O2/c1-5-6(9-7(10)11)3-2-4-8-5/h5-6,8-9H,2-4H2,1H3,(H,10,11)/t5-,6+/m0/s1. The maximum Gasteiger partial charge on any atom is 0.404 e. The molecule has 0 aromatic heterocycles. The van der Waals surface area contributed by atoms with Gasteiger partial charge in [0.05, 0.1) is 0 Å². The predicted molar refractivity (Wildman–Crippen MR) is 41.6 cm³/mol. The summed E-state index contributed by atoms with van der Waals surface area (Å²) in [5.74, 6) is 0. The van der Waals surface area contributed by atoms with E-state index in [0.29, 0.717) is 0 Å². The first-order chi connectivity index (χ1) is 5.20. The van der Waals surface area contributed by atoms with Gasteiger partial charge in [-0.15, -0.1) is 0 Å². The van der Waals surface area contributed by atoms with Gasteiger partial charge in [0.25, 0.3) is 0 Å². The van der Waals surface area contributed by atoms with Crippen molar-refractivity contribution in [1.82, 2.24) is 10.6 Å². The van der Waals surface area contributed by atoms with Gasteiger partial charge in [-0.1, -0.05) is 0 Å². The summed E-state index contributed by atoms with van der Waals surface area (Å²) in [5, 5.41) is 14.1. The molecule has 1 aliphatic rings. The van der Waals surface area contributed by atoms with Crippen LogP contribution in [0.3, 0.4) is 0 Å². The summed E-state index contributed by atoms with van der Waals surface area (Å²) < 4.78 is 0. The molecule has 4 heteroatoms. The van der Waals surface area contributed by atoms with Crippen LogP contribution in [0.15, 0.2) is 0 Å². The highest BCUT2D eigenvalue weighted by Crippen LogP contribution is 2.07. The number of nitrogens with one attached hydrogen (secondary N) is 2. The molecular formula is C7H14N2O2. The number of piperidine rings is 1. The van der Waals surface area contributed by atoms with Crippen LogP contribution in [0.1, 0.15) is 19.8 Å². The van der Waals surface area contributed by atoms with Gasteiger partial charge in [-0.25, -0.2) is 4.79 Å². The second kappa shape index (κ2) is 3.57. The Morgan fingerprint density at radius 3 is 3.00 bits per heavy atom. The third-order valence-corrected chi connectivity index (χ3v) is 2.07. The zero-order valence-corrected chi connectivity index (χ0v) is 6.63. The molecular weight excluding hydrogens is 144 g/mol. The highest BCUT2D eigenvalue weighted by atomic mass is 16.4. The van der Waals surface area contributed by atoms with Crippen LogP contribution < -0.4 is 10.6 Å². The molecule has 0 aromatic rings. The van der Waals surface area contributed by atoms with Gasteiger partial charge in [0.15, 0.2) is 0 Å². The van der Waals surface area contributed by atoms with Crippen LogP contribution in [0, 0.1) is 0 Å². The molecule has 1 saturated heterocycles. The molecule has 0 aromatic carbocycles. The average molecular weight is 158 g/mol. The van der Waals surface area contributed by atoms with Crippen LogP contribution in [0.25, 0.3) is 0 Å². The maximum atomic E-state index is 10.3. The molecule has 0 aliphatic carbocycles. The van der Waals surface area contributed by atoms with Gasteiger partial charge in [0.1, 0.15) is 0 Å². The second-order valence-corrected chi connectivity index (χ2v) is 2.94. The lowest BCUT2D eigenvalue weighted by atomic mass is 10.0. The van der Waals surface area contributed by atoms with Crippen molar-refractivity contribution in [3.8, 4) is 0 Å². The molecule has 1 heterocycles. The first-order valence-electron chi connectivity index (χ1n) is 3.93. The third kappa shape index (κ3) is 2.38. The fraction of sp³-hybridized carbons (Fsp3) is 0.857. The molecule has 2 atom stereocenters. The van der Waals surface area contributed by atoms with Crippen molar-refractivity contribution in [2.75, 3.05) is 6.54 Å². The Balaban J connectivity index is 2.35. The topological polar surface area (TPSA) is 61.4 Å². The molecule has 0 bridgehead atoms. The summed E-state index contributed by atoms with van der Waals surface area (Å²) in [4.78, 5) is 10.3. The van der Waals surface area contributed by atoms with E-state index in [4.69, 9.17) is 5.11 Å². The monoisotopic (exact) mass is 158 g/mol. The summed E-state index contributed by atoms with van der Waals surface area (Å²) in [6, 6.07) is 0.348. The van der Waals surface area contributed by atoms with Gasteiger partial charge < -0.3 is 15.7 Å². The highest BCUT2D eigenvalue weighted by Gasteiger charge is 2.21. The minimum atomic E-state index is -0.925. The SMILES string of the molecule is C[C@@H]1NCCC[C@H]1NC(=O)O. The molecule has 0 radical (unpaired) electrons. The number of rotatable bonds is 1. The normalized spacial score (nSPS) is 31.4. The summed E-state index contributed by atoms with van der Waals surface area (Å²) >= 11 is 0. The number of hydrogen-bond acceptors (Lipinski definition) is 2. The molecule has 1 amide bonds. The Labute approximate surface area is 66.0 Å². The maximum absolute atomic E-state index is 10.3. The zero-order chi connectivity index (χ0) is 8.27. The Morgan fingerprint density at radius 2 is 2.45 bits per heavy atom. The molecule has 64 valence electrons. The van der Waals surface area contributed by atoms with Gasteiger partial charge in [-0.3, -0.25) is 0 Å². The van der Waals surface area contributed by atoms with Gasteiger partial charge >= 0.3 is 6.09 Å². The molecule has 0 spiro atoms. The Kier molecular flexibility index (Phi) is 2.70. The van der Waals surface area contributed by atoms with Crippen molar-refractivity contribution in [3.63, 3.8) is 0 Å². The average Bonchev–Trinajstić information content (AvgIpc) is 1.93. The molecule has 0 unspecified atom stereocenters. The van der Waals surface area contributed by atoms with Gasteiger partial charge in [0, 0.05) is 12.1 Å². The fourth-order valence-electron chi connectivity index (χ4n) is 1.40. The molecule has 11 heavy (non-hydrogen) atoms. The van der Waals surface area contributed by atoms with Gasteiger partial charge in [-0.05, 0) is 26.3 Å². The fourth-order valence-corrected chi connectivity index (χ4v) is 1.40. The summed E-state index contributed by atoms with van der Waals surface area (Å²) in [6.45, 7) is 3.00. The van der Waals surface area contributed by atoms with Crippen LogP contribution in [-0.2, 0) is 0 Å². The first-order valence-corrected chi connectivity index (χ1v) is 3.93. The van der Waals surface area contributed by atoms with E-state index in [1.165, 1.54) is 0 Å². The van der Waals surface area contributed by atoms with E-state index in [1.54, 1.807) is 0 Å². The predicted octanol–water partition coefficient (Wildman–Crippen LogP) is 0.395. The molecule has 3 N–H and O–H groups in total. The lowest BCUT2D eigenvalue weighted by molar-refractivity contribution is 0.182. The minimum Gasteiger partial charge on any atom is -0.465 e. The van der Waals surface area contributed by atoms with E-state index < -0.39 is 6.09 Å². The Bertz CT molecular complexity index is 149. The summed E-state index contributed by atoms with van der Waals surface area (Å²) in [7, 11) is 0. The smallest absolute Gasteiger partial charge is 0.404 e. The van der Waals surface area contributed by atoms with E-state index in [-0.39, 0.29) is 12.1 Å². The number of hydrogen-bond donors (Lipinski definition) is 3. The lowest BCUT2D eigenvalue weighted by Gasteiger charge is -2.29. The second-order valence-electron chi connectivity index (χ2n) is 2.94. The Hall–Kier alpha value is -0.770. The van der Waals surface area contributed by atoms with Crippen LogP contribution in [-0.4, -0.2) is 29.8 Å². The van der Waals surface area contributed by atoms with Crippen molar-refractivity contribution in [2.45, 2.75) is 31.8 Å². The zero-order valence-electron chi connectivity index (χ0n) is 6.63. The van der Waals surface area contributed by atoms with Crippen molar-refractivity contribution in [1.29, 1.82) is 0 Å². The summed E-state index contributed by atoms with van der Waals surface area (Å²) in [6.07, 6.45) is 1.07. The lowest BCUT2D eigenvalue weighted by Crippen LogP contribution is -2.51. The van der Waals surface area contributed by atoms with Crippen LogP contribution in [0.5, 0.6) is 0 Å². The van der Waals surface area contributed by atoms with Crippen LogP contribution in [0.2, 0.25) is 0 Å². The van der Waals surface area contributed by atoms with E-state index in [2.05, 4.69) is 10.6 Å². The molecule has 1 rings (SSSR count). The van der Waals surface area contributed by atoms with Crippen LogP contribution in [0.4, 0.5) is 4.79 Å². The number of carboxylic acid groups (broad SMARTS) is 1. The van der Waals surface area contributed by atoms with Crippen molar-refractivity contribution in [2.24, 2.45) is 0 Å². The van der Waals surface area contributed by atoms with Crippen molar-refractivity contribution >= 4 is 6.09 Å². The summed E-state index contributed by atoms with van der Waals surface area (Å²) in [5.41, 5.74) is 0. The van der Waals surface area contributed by atoms with Crippen molar-refractivity contribution in [3.05, 3.63) is 0 Å². The van der Waals surface area contributed by atoms with Crippen molar-refractivity contribution < 1.29 is 9.90 Å². The Morgan fingerprint density at radius 1 is 1.73 bits per heavy atom. The van der Waals surface area contributed by atoms with E-state index in [0.717, 1.165) is 19.4 Å². The molecule has 0 saturated carbocycles. The number of amides is 1. The van der Waals surface area contributed by atoms with E-state index in [9.17, 15) is 4.79 Å². The highest BCUT2D eigenvalue weighted by molar-refractivity contribution is 5.64. The third-order valence-electron chi connectivity index (χ3n) is 2.07. The van der Waals surface area contributed by atoms with E-state index >= 15 is 0 Å². The minimum absolute atomic E-state index is 0.0845. The van der Waals surface area contributed by atoms with Gasteiger partial charge in [0.2, 0.25) is 0 Å². The van der Waals surface area contributed by atoms with E-state index in [1.807, 2.05) is 6.92 Å². The molecule has 4 nitrogen and oxygen atoms in total. The quantitative estimate of drug-likeness (QED) is 0.517.